The number of carbonyl (C=O) groups is 2. The molecular formula is C28H22Br2N2O4. The number of ether oxygens (including phenoxy) is 2. The zero-order valence-corrected chi connectivity index (χ0v) is 22.5. The highest BCUT2D eigenvalue weighted by Gasteiger charge is 2.19. The molecule has 6 nitrogen and oxygen atoms in total. The molecule has 0 aromatic heterocycles. The maximum Gasteiger partial charge on any atom is 0.343 e. The van der Waals surface area contributed by atoms with Crippen molar-refractivity contribution in [1.29, 1.82) is 0 Å². The highest BCUT2D eigenvalue weighted by molar-refractivity contribution is 9.11. The molecule has 182 valence electrons. The molecule has 1 N–H and O–H groups in total. The fourth-order valence-corrected chi connectivity index (χ4v) is 4.25. The van der Waals surface area contributed by atoms with Crippen LogP contribution in [0.15, 0.2) is 99.0 Å². The molecule has 0 spiro atoms. The van der Waals surface area contributed by atoms with Crippen molar-refractivity contribution in [1.82, 2.24) is 5.43 Å². The van der Waals surface area contributed by atoms with Crippen LogP contribution in [0.25, 0.3) is 10.8 Å². The van der Waals surface area contributed by atoms with Crippen molar-refractivity contribution < 1.29 is 19.1 Å². The van der Waals surface area contributed by atoms with E-state index in [0.717, 1.165) is 25.3 Å². The van der Waals surface area contributed by atoms with Crippen molar-refractivity contribution in [2.75, 3.05) is 0 Å². The van der Waals surface area contributed by atoms with Gasteiger partial charge in [0.15, 0.2) is 6.10 Å². The normalized spacial score (nSPS) is 11.9. The largest absolute Gasteiger partial charge is 0.479 e. The molecule has 8 heteroatoms. The second-order valence-corrected chi connectivity index (χ2v) is 9.52. The summed E-state index contributed by atoms with van der Waals surface area (Å²) in [6.45, 7) is 1.87. The molecule has 0 aliphatic carbocycles. The van der Waals surface area contributed by atoms with E-state index in [-0.39, 0.29) is 5.91 Å². The van der Waals surface area contributed by atoms with E-state index >= 15 is 0 Å². The van der Waals surface area contributed by atoms with Gasteiger partial charge in [0.2, 0.25) is 0 Å². The van der Waals surface area contributed by atoms with E-state index in [1.165, 1.54) is 6.21 Å². The zero-order chi connectivity index (χ0) is 25.5. The van der Waals surface area contributed by atoms with Crippen molar-refractivity contribution in [2.24, 2.45) is 5.10 Å². The number of hydrogen-bond acceptors (Lipinski definition) is 5. The molecule has 4 rings (SSSR count). The van der Waals surface area contributed by atoms with Crippen LogP contribution in [0.1, 0.15) is 29.3 Å². The lowest BCUT2D eigenvalue weighted by atomic mass is 10.1. The second-order valence-electron chi connectivity index (χ2n) is 7.81. The lowest BCUT2D eigenvalue weighted by molar-refractivity contribution is -0.128. The topological polar surface area (TPSA) is 77.0 Å². The molecule has 0 saturated heterocycles. The number of halogens is 2. The monoisotopic (exact) mass is 608 g/mol. The number of hydrazone groups is 1. The third-order valence-corrected chi connectivity index (χ3v) is 6.67. The van der Waals surface area contributed by atoms with Gasteiger partial charge in [-0.1, -0.05) is 53.2 Å². The number of benzene rings is 4. The molecule has 0 fully saturated rings. The SMILES string of the molecule is CC[C@H](Oc1ccc2ccccc2c1Br)C(=O)N/N=C\c1ccc(OC(=O)c2ccc(Br)cc2)cc1. The fourth-order valence-electron chi connectivity index (χ4n) is 3.40. The summed E-state index contributed by atoms with van der Waals surface area (Å²) in [6, 6.07) is 25.4. The molecule has 0 aliphatic rings. The summed E-state index contributed by atoms with van der Waals surface area (Å²) in [5.74, 6) is 0.200. The molecule has 0 heterocycles. The number of nitrogens with one attached hydrogen (secondary N) is 1. The van der Waals surface area contributed by atoms with E-state index in [0.29, 0.717) is 23.5 Å². The smallest absolute Gasteiger partial charge is 0.343 e. The zero-order valence-electron chi connectivity index (χ0n) is 19.3. The Kier molecular flexibility index (Phi) is 8.51. The first-order valence-corrected chi connectivity index (χ1v) is 12.8. The van der Waals surface area contributed by atoms with E-state index in [1.54, 1.807) is 48.5 Å². The third-order valence-electron chi connectivity index (χ3n) is 5.32. The standard InChI is InChI=1S/C28H22Br2N2O4/c1-2-24(36-25-16-11-19-5-3-4-6-23(19)26(25)30)27(33)32-31-17-18-7-14-22(15-8-18)35-28(34)20-9-12-21(29)13-10-20/h3-17,24H,2H2,1H3,(H,32,33)/b31-17-/t24-/m0/s1. The van der Waals surface area contributed by atoms with Crippen LogP contribution >= 0.6 is 31.9 Å². The van der Waals surface area contributed by atoms with Crippen LogP contribution in [0.3, 0.4) is 0 Å². The summed E-state index contributed by atoms with van der Waals surface area (Å²) in [5.41, 5.74) is 3.71. The molecular weight excluding hydrogens is 588 g/mol. The minimum absolute atomic E-state index is 0.353. The first-order chi connectivity index (χ1) is 17.4. The Labute approximate surface area is 225 Å². The molecule has 1 atom stereocenters. The fraction of sp³-hybridized carbons (Fsp3) is 0.107. The lowest BCUT2D eigenvalue weighted by Crippen LogP contribution is -2.35. The van der Waals surface area contributed by atoms with Crippen molar-refractivity contribution in [3.05, 3.63) is 105 Å². The molecule has 0 saturated carbocycles. The first-order valence-electron chi connectivity index (χ1n) is 11.2. The molecule has 0 unspecified atom stereocenters. The number of nitrogens with zero attached hydrogens (tertiary/aromatic N) is 1. The summed E-state index contributed by atoms with van der Waals surface area (Å²) in [7, 11) is 0. The van der Waals surface area contributed by atoms with Gasteiger partial charge in [-0.25, -0.2) is 10.2 Å². The highest BCUT2D eigenvalue weighted by Crippen LogP contribution is 2.33. The van der Waals surface area contributed by atoms with Crippen LogP contribution in [0.2, 0.25) is 0 Å². The summed E-state index contributed by atoms with van der Waals surface area (Å²) >= 11 is 6.93. The summed E-state index contributed by atoms with van der Waals surface area (Å²) in [5, 5.41) is 6.13. The number of fused-ring (bicyclic) bond motifs is 1. The predicted octanol–water partition coefficient (Wildman–Crippen LogP) is 6.89. The van der Waals surface area contributed by atoms with Gasteiger partial charge in [-0.05, 0) is 93.3 Å². The van der Waals surface area contributed by atoms with Crippen molar-refractivity contribution in [3.8, 4) is 11.5 Å². The van der Waals surface area contributed by atoms with Gasteiger partial charge in [0, 0.05) is 4.47 Å². The van der Waals surface area contributed by atoms with E-state index in [1.807, 2.05) is 43.3 Å². The van der Waals surface area contributed by atoms with E-state index < -0.39 is 12.1 Å². The predicted molar refractivity (Wildman–Crippen MR) is 148 cm³/mol. The Balaban J connectivity index is 1.33. The van der Waals surface area contributed by atoms with Crippen LogP contribution in [-0.2, 0) is 4.79 Å². The van der Waals surface area contributed by atoms with Crippen LogP contribution < -0.4 is 14.9 Å². The maximum atomic E-state index is 12.6. The van der Waals surface area contributed by atoms with Crippen LogP contribution in [0.5, 0.6) is 11.5 Å². The van der Waals surface area contributed by atoms with Gasteiger partial charge in [0.05, 0.1) is 16.3 Å². The van der Waals surface area contributed by atoms with Gasteiger partial charge < -0.3 is 9.47 Å². The lowest BCUT2D eigenvalue weighted by Gasteiger charge is -2.17. The number of esters is 1. The van der Waals surface area contributed by atoms with E-state index in [9.17, 15) is 9.59 Å². The van der Waals surface area contributed by atoms with Gasteiger partial charge in [0.25, 0.3) is 5.91 Å². The average Bonchev–Trinajstić information content (AvgIpc) is 2.90. The number of rotatable bonds is 8. The molecule has 1 amide bonds. The molecule has 0 aliphatic heterocycles. The Morgan fingerprint density at radius 2 is 1.67 bits per heavy atom. The van der Waals surface area contributed by atoms with Gasteiger partial charge >= 0.3 is 5.97 Å². The van der Waals surface area contributed by atoms with Gasteiger partial charge in [0.1, 0.15) is 11.5 Å². The Hall–Kier alpha value is -3.49. The minimum Gasteiger partial charge on any atom is -0.479 e. The molecule has 0 radical (unpaired) electrons. The number of amides is 1. The van der Waals surface area contributed by atoms with Crippen LogP contribution in [0, 0.1) is 0 Å². The Morgan fingerprint density at radius 1 is 0.944 bits per heavy atom. The Bertz CT molecular complexity index is 1400. The molecule has 0 bridgehead atoms. The quantitative estimate of drug-likeness (QED) is 0.102. The third kappa shape index (κ3) is 6.38. The summed E-state index contributed by atoms with van der Waals surface area (Å²) in [4.78, 5) is 24.9. The van der Waals surface area contributed by atoms with Gasteiger partial charge in [-0.15, -0.1) is 0 Å². The highest BCUT2D eigenvalue weighted by atomic mass is 79.9. The van der Waals surface area contributed by atoms with Crippen molar-refractivity contribution >= 4 is 60.7 Å². The van der Waals surface area contributed by atoms with Crippen LogP contribution in [-0.4, -0.2) is 24.2 Å². The maximum absolute atomic E-state index is 12.6. The molecule has 4 aromatic carbocycles. The van der Waals surface area contributed by atoms with E-state index in [2.05, 4.69) is 42.4 Å². The van der Waals surface area contributed by atoms with Crippen molar-refractivity contribution in [2.45, 2.75) is 19.4 Å². The van der Waals surface area contributed by atoms with E-state index in [4.69, 9.17) is 9.47 Å². The number of hydrogen-bond donors (Lipinski definition) is 1. The first kappa shape index (κ1) is 25.6. The molecule has 36 heavy (non-hydrogen) atoms. The molecule has 4 aromatic rings. The second kappa shape index (κ2) is 12.0. The number of carbonyl (C=O) groups excluding carboxylic acids is 2. The minimum atomic E-state index is -0.708. The van der Waals surface area contributed by atoms with Crippen LogP contribution in [0.4, 0.5) is 0 Å². The summed E-state index contributed by atoms with van der Waals surface area (Å²) in [6.07, 6.45) is 1.27. The summed E-state index contributed by atoms with van der Waals surface area (Å²) < 4.78 is 13.1. The van der Waals surface area contributed by atoms with Gasteiger partial charge in [-0.3, -0.25) is 4.79 Å². The van der Waals surface area contributed by atoms with Gasteiger partial charge in [-0.2, -0.15) is 5.10 Å². The van der Waals surface area contributed by atoms with Crippen molar-refractivity contribution in [3.63, 3.8) is 0 Å². The average molecular weight is 610 g/mol. The Morgan fingerprint density at radius 3 is 2.39 bits per heavy atom.